The van der Waals surface area contributed by atoms with E-state index < -0.39 is 0 Å². The van der Waals surface area contributed by atoms with Crippen molar-refractivity contribution in [2.24, 2.45) is 29.6 Å². The van der Waals surface area contributed by atoms with Crippen molar-refractivity contribution in [1.29, 1.82) is 0 Å². The van der Waals surface area contributed by atoms with Crippen LogP contribution in [0.3, 0.4) is 0 Å². The van der Waals surface area contributed by atoms with E-state index in [4.69, 9.17) is 0 Å². The Hall–Kier alpha value is -2.64. The van der Waals surface area contributed by atoms with Crippen LogP contribution in [0, 0.1) is 36.5 Å². The van der Waals surface area contributed by atoms with Gasteiger partial charge in [0.05, 0.1) is 22.5 Å². The zero-order chi connectivity index (χ0) is 25.8. The Morgan fingerprint density at radius 1 is 0.892 bits per heavy atom. The number of aromatic nitrogens is 1. The van der Waals surface area contributed by atoms with Crippen LogP contribution in [0.1, 0.15) is 54.7 Å². The van der Waals surface area contributed by atoms with Crippen molar-refractivity contribution >= 4 is 40.6 Å². The lowest BCUT2D eigenvalue weighted by Gasteiger charge is -2.43. The van der Waals surface area contributed by atoms with Crippen molar-refractivity contribution in [3.8, 4) is 0 Å². The van der Waals surface area contributed by atoms with Crippen molar-refractivity contribution in [3.05, 3.63) is 79.8 Å². The third-order valence-corrected chi connectivity index (χ3v) is 11.7. The van der Waals surface area contributed by atoms with E-state index >= 15 is 0 Å². The SMILES string of the molecule is Cc1ccc(N2C(=O)[C@H]3[C@@H]4C[C@H]([C@@H]3C2=O)[C@H]2[C@H](c3ccc(C(C)(C)C)cc3)c3sc(=O)[nH]c3S[C@H]42)cc1. The molecule has 2 aliphatic carbocycles. The van der Waals surface area contributed by atoms with E-state index in [1.54, 1.807) is 11.8 Å². The zero-order valence-electron chi connectivity index (χ0n) is 21.4. The Labute approximate surface area is 224 Å². The minimum atomic E-state index is -0.269. The second-order valence-corrected chi connectivity index (χ2v) is 14.4. The minimum absolute atomic E-state index is 0.0287. The summed E-state index contributed by atoms with van der Waals surface area (Å²) in [5.41, 5.74) is 4.33. The molecule has 0 unspecified atom stereocenters. The van der Waals surface area contributed by atoms with Gasteiger partial charge in [-0.25, -0.2) is 0 Å². The van der Waals surface area contributed by atoms with Crippen LogP contribution < -0.4 is 9.77 Å². The molecular formula is C30H30N2O3S2. The van der Waals surface area contributed by atoms with Crippen LogP contribution in [-0.2, 0) is 15.0 Å². The molecule has 37 heavy (non-hydrogen) atoms. The number of amides is 2. The predicted octanol–water partition coefficient (Wildman–Crippen LogP) is 5.72. The molecule has 1 saturated heterocycles. The molecule has 190 valence electrons. The van der Waals surface area contributed by atoms with Gasteiger partial charge in [0.25, 0.3) is 0 Å². The Kier molecular flexibility index (Phi) is 5.03. The minimum Gasteiger partial charge on any atom is -0.307 e. The van der Waals surface area contributed by atoms with Crippen LogP contribution in [0.25, 0.3) is 0 Å². The summed E-state index contributed by atoms with van der Waals surface area (Å²) in [7, 11) is 0. The molecule has 1 aromatic heterocycles. The van der Waals surface area contributed by atoms with Crippen molar-refractivity contribution in [2.45, 2.75) is 55.7 Å². The summed E-state index contributed by atoms with van der Waals surface area (Å²) >= 11 is 3.05. The number of H-pyrrole nitrogens is 1. The number of aromatic amines is 1. The summed E-state index contributed by atoms with van der Waals surface area (Å²) in [6.07, 6.45) is 0.909. The molecule has 2 saturated carbocycles. The molecule has 7 heteroatoms. The lowest BCUT2D eigenvalue weighted by Crippen LogP contribution is -2.42. The maximum absolute atomic E-state index is 13.8. The van der Waals surface area contributed by atoms with Crippen LogP contribution in [0.4, 0.5) is 5.69 Å². The maximum atomic E-state index is 13.8. The number of nitrogens with one attached hydrogen (secondary N) is 1. The smallest absolute Gasteiger partial charge is 0.305 e. The zero-order valence-corrected chi connectivity index (χ0v) is 23.0. The van der Waals surface area contributed by atoms with Gasteiger partial charge < -0.3 is 4.98 Å². The number of imide groups is 1. The second kappa shape index (κ2) is 7.93. The summed E-state index contributed by atoms with van der Waals surface area (Å²) in [6.45, 7) is 8.64. The number of aryl methyl sites for hydroxylation is 1. The van der Waals surface area contributed by atoms with Gasteiger partial charge in [-0.05, 0) is 59.8 Å². The topological polar surface area (TPSA) is 70.2 Å². The molecule has 3 fully saturated rings. The molecule has 7 rings (SSSR count). The number of thioether (sulfide) groups is 1. The molecule has 3 heterocycles. The molecule has 3 aromatic rings. The van der Waals surface area contributed by atoms with Gasteiger partial charge in [0.1, 0.15) is 0 Å². The monoisotopic (exact) mass is 530 g/mol. The number of carbonyl (C=O) groups is 2. The van der Waals surface area contributed by atoms with Crippen LogP contribution in [-0.4, -0.2) is 22.0 Å². The van der Waals surface area contributed by atoms with Crippen molar-refractivity contribution < 1.29 is 9.59 Å². The number of nitrogens with zero attached hydrogens (tertiary/aromatic N) is 1. The van der Waals surface area contributed by atoms with Gasteiger partial charge in [-0.1, -0.05) is 74.1 Å². The fourth-order valence-corrected chi connectivity index (χ4v) is 10.4. The molecule has 4 aliphatic rings. The number of anilines is 1. The molecular weight excluding hydrogens is 500 g/mol. The molecule has 2 bridgehead atoms. The van der Waals surface area contributed by atoms with Gasteiger partial charge in [-0.2, -0.15) is 0 Å². The highest BCUT2D eigenvalue weighted by molar-refractivity contribution is 8.00. The fraction of sp³-hybridized carbons (Fsp3) is 0.433. The van der Waals surface area contributed by atoms with E-state index in [9.17, 15) is 14.4 Å². The summed E-state index contributed by atoms with van der Waals surface area (Å²) in [5, 5.41) is 1.17. The van der Waals surface area contributed by atoms with Gasteiger partial charge in [0.2, 0.25) is 11.8 Å². The van der Waals surface area contributed by atoms with E-state index in [1.165, 1.54) is 27.4 Å². The molecule has 0 spiro atoms. The normalized spacial score (nSPS) is 32.0. The lowest BCUT2D eigenvalue weighted by atomic mass is 9.68. The number of hydrogen-bond acceptors (Lipinski definition) is 5. The van der Waals surface area contributed by atoms with E-state index in [1.807, 2.05) is 31.2 Å². The highest BCUT2D eigenvalue weighted by Crippen LogP contribution is 2.68. The first-order valence-corrected chi connectivity index (χ1v) is 14.8. The Bertz CT molecular complexity index is 1480. The highest BCUT2D eigenvalue weighted by atomic mass is 32.2. The first-order chi connectivity index (χ1) is 17.6. The number of thiazole rings is 1. The largest absolute Gasteiger partial charge is 0.307 e. The summed E-state index contributed by atoms with van der Waals surface area (Å²) < 4.78 is 0. The molecule has 2 aliphatic heterocycles. The van der Waals surface area contributed by atoms with Gasteiger partial charge in [-0.15, -0.1) is 11.8 Å². The Morgan fingerprint density at radius 2 is 1.54 bits per heavy atom. The van der Waals surface area contributed by atoms with Crippen LogP contribution in [0.15, 0.2) is 58.4 Å². The molecule has 1 N–H and O–H groups in total. The summed E-state index contributed by atoms with van der Waals surface area (Å²) in [5.74, 6) is -0.0397. The standard InChI is InChI=1S/C30H30N2O3S2/c1-14-5-11-17(12-6-14)32-27(33)22-18-13-19(23(22)28(32)34)24-21(18)20(25-26(36-24)31-29(35)37-25)15-7-9-16(10-8-15)30(2,3)4/h5-12,18-24H,13H2,1-4H3,(H,31,35)/t18-,19-,20-,21-,22-,23-,24+/m0/s1. The molecule has 5 nitrogen and oxygen atoms in total. The average molecular weight is 531 g/mol. The van der Waals surface area contributed by atoms with Crippen LogP contribution >= 0.6 is 23.1 Å². The van der Waals surface area contributed by atoms with E-state index in [-0.39, 0.29) is 62.9 Å². The average Bonchev–Trinajstić information content (AvgIpc) is 3.58. The lowest BCUT2D eigenvalue weighted by molar-refractivity contribution is -0.123. The number of fused-ring (bicyclic) bond motifs is 9. The van der Waals surface area contributed by atoms with Crippen molar-refractivity contribution in [2.75, 3.05) is 4.90 Å². The molecule has 7 atom stereocenters. The van der Waals surface area contributed by atoms with Gasteiger partial charge >= 0.3 is 4.87 Å². The van der Waals surface area contributed by atoms with Crippen LogP contribution in [0.2, 0.25) is 0 Å². The van der Waals surface area contributed by atoms with Gasteiger partial charge in [-0.3, -0.25) is 19.3 Å². The van der Waals surface area contributed by atoms with Crippen molar-refractivity contribution in [3.63, 3.8) is 0 Å². The first-order valence-electron chi connectivity index (χ1n) is 13.1. The van der Waals surface area contributed by atoms with Crippen molar-refractivity contribution in [1.82, 2.24) is 4.98 Å². The van der Waals surface area contributed by atoms with Gasteiger partial charge in [0.15, 0.2) is 0 Å². The quantitative estimate of drug-likeness (QED) is 0.430. The third kappa shape index (κ3) is 3.32. The fourth-order valence-electron chi connectivity index (χ4n) is 7.53. The number of hydrogen-bond donors (Lipinski definition) is 1. The maximum Gasteiger partial charge on any atom is 0.305 e. The summed E-state index contributed by atoms with van der Waals surface area (Å²) in [6, 6.07) is 16.5. The first kappa shape index (κ1) is 23.5. The number of rotatable bonds is 2. The van der Waals surface area contributed by atoms with E-state index in [2.05, 4.69) is 50.0 Å². The molecule has 2 amide bonds. The van der Waals surface area contributed by atoms with E-state index in [0.717, 1.165) is 21.9 Å². The Balaban J connectivity index is 1.30. The second-order valence-electron chi connectivity index (χ2n) is 12.2. The highest BCUT2D eigenvalue weighted by Gasteiger charge is 2.69. The third-order valence-electron chi connectivity index (χ3n) is 9.15. The van der Waals surface area contributed by atoms with E-state index in [0.29, 0.717) is 5.69 Å². The van der Waals surface area contributed by atoms with Gasteiger partial charge in [0, 0.05) is 16.0 Å². The van der Waals surface area contributed by atoms with Crippen LogP contribution in [0.5, 0.6) is 0 Å². The number of benzene rings is 2. The summed E-state index contributed by atoms with van der Waals surface area (Å²) in [4.78, 5) is 45.6. The number of carbonyl (C=O) groups excluding carboxylic acids is 2. The Morgan fingerprint density at radius 3 is 2.19 bits per heavy atom. The predicted molar refractivity (Wildman–Crippen MR) is 147 cm³/mol. The molecule has 2 aromatic carbocycles. The molecule has 0 radical (unpaired) electrons.